The van der Waals surface area contributed by atoms with Crippen molar-refractivity contribution in [1.82, 2.24) is 4.90 Å². The zero-order chi connectivity index (χ0) is 16.0. The lowest BCUT2D eigenvalue weighted by molar-refractivity contribution is 0.155. The van der Waals surface area contributed by atoms with E-state index in [-0.39, 0.29) is 17.2 Å². The minimum Gasteiger partial charge on any atom is -0.384 e. The monoisotopic (exact) mass is 293 g/mol. The molecular formula is C17H28FN3. The molecule has 0 amide bonds. The van der Waals surface area contributed by atoms with Crippen molar-refractivity contribution in [2.75, 3.05) is 6.54 Å². The first-order chi connectivity index (χ1) is 9.90. The average Bonchev–Trinajstić information content (AvgIpc) is 2.41. The van der Waals surface area contributed by atoms with Crippen molar-refractivity contribution in [1.29, 1.82) is 5.41 Å². The fraction of sp³-hybridized carbons (Fsp3) is 0.588. The van der Waals surface area contributed by atoms with Crippen molar-refractivity contribution < 1.29 is 4.39 Å². The molecule has 0 heterocycles. The van der Waals surface area contributed by atoms with Gasteiger partial charge in [0.15, 0.2) is 0 Å². The number of nitrogens with two attached hydrogens (primary N) is 1. The second-order valence-electron chi connectivity index (χ2n) is 5.99. The molecule has 1 aromatic carbocycles. The Kier molecular flexibility index (Phi) is 6.82. The van der Waals surface area contributed by atoms with E-state index in [1.54, 1.807) is 18.2 Å². The molecule has 1 aromatic rings. The Morgan fingerprint density at radius 3 is 2.38 bits per heavy atom. The van der Waals surface area contributed by atoms with Gasteiger partial charge in [0.25, 0.3) is 0 Å². The molecule has 0 bridgehead atoms. The van der Waals surface area contributed by atoms with Gasteiger partial charge in [-0.3, -0.25) is 10.3 Å². The average molecular weight is 293 g/mol. The summed E-state index contributed by atoms with van der Waals surface area (Å²) >= 11 is 0. The maximum Gasteiger partial charge on any atom is 0.138 e. The third-order valence-electron chi connectivity index (χ3n) is 3.80. The standard InChI is InChI=1S/C17H28FN3/c1-5-14(6-2)21(10-12(3)4)11-13-8-7-9-15(16(13)18)17(19)20/h7-9,12,14H,5-6,10-11H2,1-4H3,(H3,19,20). The van der Waals surface area contributed by atoms with Gasteiger partial charge >= 0.3 is 0 Å². The minimum atomic E-state index is -0.357. The van der Waals surface area contributed by atoms with Gasteiger partial charge < -0.3 is 5.73 Å². The fourth-order valence-electron chi connectivity index (χ4n) is 2.75. The van der Waals surface area contributed by atoms with E-state index in [9.17, 15) is 4.39 Å². The number of nitrogen functional groups attached to an aromatic ring is 1. The van der Waals surface area contributed by atoms with Gasteiger partial charge in [0.2, 0.25) is 0 Å². The quantitative estimate of drug-likeness (QED) is 0.566. The van der Waals surface area contributed by atoms with Crippen LogP contribution in [0.25, 0.3) is 0 Å². The molecule has 0 aliphatic carbocycles. The number of nitrogens with one attached hydrogen (secondary N) is 1. The molecule has 1 rings (SSSR count). The molecule has 4 heteroatoms. The molecule has 0 aromatic heterocycles. The van der Waals surface area contributed by atoms with E-state index in [2.05, 4.69) is 32.6 Å². The van der Waals surface area contributed by atoms with Crippen LogP contribution in [0.1, 0.15) is 51.7 Å². The maximum atomic E-state index is 14.4. The minimum absolute atomic E-state index is 0.196. The van der Waals surface area contributed by atoms with Gasteiger partial charge in [-0.1, -0.05) is 39.8 Å². The maximum absolute atomic E-state index is 14.4. The predicted molar refractivity (Wildman–Crippen MR) is 87.0 cm³/mol. The number of benzene rings is 1. The molecule has 0 spiro atoms. The smallest absolute Gasteiger partial charge is 0.138 e. The molecule has 0 saturated heterocycles. The normalized spacial score (nSPS) is 11.6. The zero-order valence-electron chi connectivity index (χ0n) is 13.6. The summed E-state index contributed by atoms with van der Waals surface area (Å²) in [5.74, 6) is -0.0401. The Hall–Kier alpha value is -1.42. The van der Waals surface area contributed by atoms with Crippen LogP contribution in [0.5, 0.6) is 0 Å². The van der Waals surface area contributed by atoms with Gasteiger partial charge in [0.1, 0.15) is 11.7 Å². The highest BCUT2D eigenvalue weighted by Crippen LogP contribution is 2.19. The van der Waals surface area contributed by atoms with Gasteiger partial charge in [-0.15, -0.1) is 0 Å². The Morgan fingerprint density at radius 1 is 1.29 bits per heavy atom. The van der Waals surface area contributed by atoms with Crippen LogP contribution in [-0.4, -0.2) is 23.3 Å². The molecule has 0 radical (unpaired) electrons. The fourth-order valence-corrected chi connectivity index (χ4v) is 2.75. The predicted octanol–water partition coefficient (Wildman–Crippen LogP) is 3.76. The van der Waals surface area contributed by atoms with Gasteiger partial charge in [-0.05, 0) is 24.8 Å². The Balaban J connectivity index is 3.03. The summed E-state index contributed by atoms with van der Waals surface area (Å²) in [6.45, 7) is 10.2. The summed E-state index contributed by atoms with van der Waals surface area (Å²) < 4.78 is 14.4. The van der Waals surface area contributed by atoms with Crippen molar-refractivity contribution in [2.24, 2.45) is 11.7 Å². The van der Waals surface area contributed by atoms with E-state index in [0.29, 0.717) is 24.1 Å². The van der Waals surface area contributed by atoms with Crippen LogP contribution in [0.4, 0.5) is 4.39 Å². The van der Waals surface area contributed by atoms with Gasteiger partial charge in [0, 0.05) is 24.7 Å². The van der Waals surface area contributed by atoms with Crippen molar-refractivity contribution in [3.63, 3.8) is 0 Å². The molecule has 3 N–H and O–H groups in total. The topological polar surface area (TPSA) is 53.1 Å². The van der Waals surface area contributed by atoms with E-state index in [0.717, 1.165) is 19.4 Å². The summed E-state index contributed by atoms with van der Waals surface area (Å²) in [5.41, 5.74) is 6.25. The van der Waals surface area contributed by atoms with E-state index in [4.69, 9.17) is 11.1 Å². The Labute approximate surface area is 127 Å². The van der Waals surface area contributed by atoms with Crippen LogP contribution < -0.4 is 5.73 Å². The SMILES string of the molecule is CCC(CC)N(Cc1cccc(C(=N)N)c1F)CC(C)C. The van der Waals surface area contributed by atoms with E-state index < -0.39 is 0 Å². The Morgan fingerprint density at radius 2 is 1.90 bits per heavy atom. The molecule has 0 atom stereocenters. The number of nitrogens with zero attached hydrogens (tertiary/aromatic N) is 1. The summed E-state index contributed by atoms with van der Waals surface area (Å²) in [5, 5.41) is 7.45. The first-order valence-corrected chi connectivity index (χ1v) is 7.76. The lowest BCUT2D eigenvalue weighted by Gasteiger charge is -2.32. The summed E-state index contributed by atoms with van der Waals surface area (Å²) in [6.07, 6.45) is 2.11. The van der Waals surface area contributed by atoms with Crippen LogP contribution in [0.15, 0.2) is 18.2 Å². The second kappa shape index (κ2) is 8.13. The van der Waals surface area contributed by atoms with Crippen molar-refractivity contribution >= 4 is 5.84 Å². The highest BCUT2D eigenvalue weighted by atomic mass is 19.1. The molecule has 0 unspecified atom stereocenters. The number of hydrogen-bond acceptors (Lipinski definition) is 2. The van der Waals surface area contributed by atoms with Crippen LogP contribution >= 0.6 is 0 Å². The van der Waals surface area contributed by atoms with E-state index in [1.165, 1.54) is 0 Å². The number of halogens is 1. The number of rotatable bonds is 8. The van der Waals surface area contributed by atoms with Crippen LogP contribution in [-0.2, 0) is 6.54 Å². The van der Waals surface area contributed by atoms with Crippen molar-refractivity contribution in [3.05, 3.63) is 35.1 Å². The summed E-state index contributed by atoms with van der Waals surface area (Å²) in [7, 11) is 0. The van der Waals surface area contributed by atoms with Crippen LogP contribution in [0, 0.1) is 17.1 Å². The van der Waals surface area contributed by atoms with Crippen LogP contribution in [0.3, 0.4) is 0 Å². The van der Waals surface area contributed by atoms with Gasteiger partial charge in [-0.2, -0.15) is 0 Å². The summed E-state index contributed by atoms with van der Waals surface area (Å²) in [4.78, 5) is 2.34. The zero-order valence-corrected chi connectivity index (χ0v) is 13.6. The number of hydrogen-bond donors (Lipinski definition) is 2. The first-order valence-electron chi connectivity index (χ1n) is 7.76. The van der Waals surface area contributed by atoms with E-state index >= 15 is 0 Å². The highest BCUT2D eigenvalue weighted by molar-refractivity contribution is 5.95. The number of amidine groups is 1. The Bertz CT molecular complexity index is 467. The molecular weight excluding hydrogens is 265 g/mol. The van der Waals surface area contributed by atoms with Crippen molar-refractivity contribution in [2.45, 2.75) is 53.1 Å². The first kappa shape index (κ1) is 17.6. The molecule has 0 fully saturated rings. The molecule has 118 valence electrons. The second-order valence-corrected chi connectivity index (χ2v) is 5.99. The van der Waals surface area contributed by atoms with Gasteiger partial charge in [-0.25, -0.2) is 4.39 Å². The molecule has 0 saturated carbocycles. The summed E-state index contributed by atoms with van der Waals surface area (Å²) in [6, 6.07) is 5.57. The molecule has 0 aliphatic heterocycles. The van der Waals surface area contributed by atoms with Crippen molar-refractivity contribution in [3.8, 4) is 0 Å². The van der Waals surface area contributed by atoms with Crippen LogP contribution in [0.2, 0.25) is 0 Å². The van der Waals surface area contributed by atoms with Gasteiger partial charge in [0.05, 0.1) is 5.56 Å². The third kappa shape index (κ3) is 4.81. The third-order valence-corrected chi connectivity index (χ3v) is 3.80. The largest absolute Gasteiger partial charge is 0.384 e. The highest BCUT2D eigenvalue weighted by Gasteiger charge is 2.19. The molecule has 21 heavy (non-hydrogen) atoms. The lowest BCUT2D eigenvalue weighted by atomic mass is 10.0. The lowest BCUT2D eigenvalue weighted by Crippen LogP contribution is -2.37. The molecule has 3 nitrogen and oxygen atoms in total. The van der Waals surface area contributed by atoms with E-state index in [1.807, 2.05) is 0 Å². The molecule has 0 aliphatic rings.